The fourth-order valence-corrected chi connectivity index (χ4v) is 2.81. The van der Waals surface area contributed by atoms with E-state index in [2.05, 4.69) is 10.3 Å². The van der Waals surface area contributed by atoms with Crippen molar-refractivity contribution in [3.63, 3.8) is 0 Å². The molecule has 0 aromatic carbocycles. The zero-order valence-electron chi connectivity index (χ0n) is 10.2. The van der Waals surface area contributed by atoms with Crippen molar-refractivity contribution in [3.05, 3.63) is 27.6 Å². The molecule has 0 saturated carbocycles. The van der Waals surface area contributed by atoms with Gasteiger partial charge in [-0.05, 0) is 26.1 Å². The van der Waals surface area contributed by atoms with Gasteiger partial charge in [-0.3, -0.25) is 4.79 Å². The number of nitrogens with one attached hydrogen (secondary N) is 2. The van der Waals surface area contributed by atoms with Crippen molar-refractivity contribution in [2.45, 2.75) is 11.3 Å². The van der Waals surface area contributed by atoms with E-state index in [1.165, 1.54) is 11.4 Å². The number of nitrogens with zero attached hydrogens (tertiary/aromatic N) is 1. The zero-order valence-corrected chi connectivity index (χ0v) is 11.8. The third kappa shape index (κ3) is 3.55. The van der Waals surface area contributed by atoms with Gasteiger partial charge in [0.15, 0.2) is 0 Å². The highest BCUT2D eigenvalue weighted by Crippen LogP contribution is 2.15. The molecule has 6 nitrogen and oxygen atoms in total. The summed E-state index contributed by atoms with van der Waals surface area (Å²) in [6.45, 7) is 1.12. The average Bonchev–Trinajstić information content (AvgIpc) is 2.32. The van der Waals surface area contributed by atoms with E-state index in [0.717, 1.165) is 18.8 Å². The second-order valence-corrected chi connectivity index (χ2v) is 6.25. The van der Waals surface area contributed by atoms with E-state index in [0.29, 0.717) is 13.0 Å². The highest BCUT2D eigenvalue weighted by molar-refractivity contribution is 7.89. The van der Waals surface area contributed by atoms with Crippen LogP contribution in [0.15, 0.2) is 22.0 Å². The van der Waals surface area contributed by atoms with Crippen LogP contribution < -0.4 is 10.9 Å². The quantitative estimate of drug-likeness (QED) is 0.737. The number of hydrogen-bond donors (Lipinski definition) is 2. The minimum absolute atomic E-state index is 0.0148. The molecule has 0 unspecified atom stereocenters. The Bertz CT molecular complexity index is 556. The Hall–Kier alpha value is -0.890. The summed E-state index contributed by atoms with van der Waals surface area (Å²) in [4.78, 5) is 13.4. The van der Waals surface area contributed by atoms with Gasteiger partial charge in [-0.1, -0.05) is 11.6 Å². The van der Waals surface area contributed by atoms with Gasteiger partial charge < -0.3 is 10.3 Å². The predicted molar refractivity (Wildman–Crippen MR) is 70.4 cm³/mol. The van der Waals surface area contributed by atoms with Crippen LogP contribution in [-0.2, 0) is 10.0 Å². The van der Waals surface area contributed by atoms with Gasteiger partial charge in [0, 0.05) is 19.8 Å². The van der Waals surface area contributed by atoms with Gasteiger partial charge in [0.25, 0.3) is 5.56 Å². The van der Waals surface area contributed by atoms with Gasteiger partial charge >= 0.3 is 0 Å². The van der Waals surface area contributed by atoms with Gasteiger partial charge in [0.1, 0.15) is 5.02 Å². The molecule has 2 N–H and O–H groups in total. The summed E-state index contributed by atoms with van der Waals surface area (Å²) < 4.78 is 25.5. The van der Waals surface area contributed by atoms with Crippen LogP contribution in [0.3, 0.4) is 0 Å². The Morgan fingerprint density at radius 2 is 2.17 bits per heavy atom. The van der Waals surface area contributed by atoms with E-state index in [-0.39, 0.29) is 9.92 Å². The second-order valence-electron chi connectivity index (χ2n) is 3.80. The first kappa shape index (κ1) is 15.2. The van der Waals surface area contributed by atoms with Gasteiger partial charge in [0.05, 0.1) is 4.90 Å². The molecular formula is C10H16ClN3O3S. The van der Waals surface area contributed by atoms with E-state index in [4.69, 9.17) is 11.6 Å². The van der Waals surface area contributed by atoms with E-state index < -0.39 is 15.6 Å². The van der Waals surface area contributed by atoms with Crippen LogP contribution >= 0.6 is 11.6 Å². The van der Waals surface area contributed by atoms with Crippen molar-refractivity contribution in [3.8, 4) is 0 Å². The highest BCUT2D eigenvalue weighted by atomic mass is 35.5. The Labute approximate surface area is 111 Å². The monoisotopic (exact) mass is 293 g/mol. The number of aromatic amines is 1. The Balaban J connectivity index is 2.91. The van der Waals surface area contributed by atoms with E-state index in [1.54, 1.807) is 7.05 Å². The lowest BCUT2D eigenvalue weighted by Gasteiger charge is -2.16. The van der Waals surface area contributed by atoms with Gasteiger partial charge in [-0.15, -0.1) is 0 Å². The summed E-state index contributed by atoms with van der Waals surface area (Å²) in [5.41, 5.74) is -0.506. The summed E-state index contributed by atoms with van der Waals surface area (Å²) in [5, 5.41) is 2.80. The zero-order chi connectivity index (χ0) is 13.8. The third-order valence-corrected chi connectivity index (χ3v) is 4.55. The molecule has 1 rings (SSSR count). The minimum Gasteiger partial charge on any atom is -0.326 e. The van der Waals surface area contributed by atoms with E-state index >= 15 is 0 Å². The Morgan fingerprint density at radius 3 is 2.72 bits per heavy atom. The molecular weight excluding hydrogens is 278 g/mol. The molecule has 18 heavy (non-hydrogen) atoms. The molecule has 1 aromatic rings. The number of H-pyrrole nitrogens is 1. The van der Waals surface area contributed by atoms with Crippen LogP contribution in [0.4, 0.5) is 0 Å². The number of pyridine rings is 1. The highest BCUT2D eigenvalue weighted by Gasteiger charge is 2.21. The lowest BCUT2D eigenvalue weighted by molar-refractivity contribution is 0.458. The van der Waals surface area contributed by atoms with Gasteiger partial charge in [-0.2, -0.15) is 0 Å². The standard InChI is InChI=1S/C10H16ClN3O3S/c1-12-4-3-5-14(2)18(16,17)8-6-9(11)10(15)13-7-8/h6-7,12H,3-5H2,1-2H3,(H,13,15). The van der Waals surface area contributed by atoms with Crippen LogP contribution in [0.5, 0.6) is 0 Å². The van der Waals surface area contributed by atoms with Crippen molar-refractivity contribution in [1.82, 2.24) is 14.6 Å². The fourth-order valence-electron chi connectivity index (χ4n) is 1.37. The lowest BCUT2D eigenvalue weighted by atomic mass is 10.4. The van der Waals surface area contributed by atoms with Crippen LogP contribution in [0.25, 0.3) is 0 Å². The van der Waals surface area contributed by atoms with Crippen LogP contribution in [-0.4, -0.2) is 44.9 Å². The smallest absolute Gasteiger partial charge is 0.266 e. The second kappa shape index (κ2) is 6.33. The molecule has 0 atom stereocenters. The average molecular weight is 294 g/mol. The molecule has 0 aliphatic heterocycles. The fraction of sp³-hybridized carbons (Fsp3) is 0.500. The lowest BCUT2D eigenvalue weighted by Crippen LogP contribution is -2.30. The summed E-state index contributed by atoms with van der Waals surface area (Å²) in [5.74, 6) is 0. The number of sulfonamides is 1. The molecule has 0 spiro atoms. The predicted octanol–water partition coefficient (Wildman–Crippen LogP) is 0.258. The molecule has 0 saturated heterocycles. The molecule has 0 aliphatic rings. The number of aromatic nitrogens is 1. The molecule has 0 aliphatic carbocycles. The normalized spacial score (nSPS) is 12.0. The minimum atomic E-state index is -3.61. The van der Waals surface area contributed by atoms with Gasteiger partial charge in [0.2, 0.25) is 10.0 Å². The largest absolute Gasteiger partial charge is 0.326 e. The maximum atomic E-state index is 12.1. The SMILES string of the molecule is CNCCCN(C)S(=O)(=O)c1c[nH]c(=O)c(Cl)c1. The van der Waals surface area contributed by atoms with Crippen molar-refractivity contribution in [2.24, 2.45) is 0 Å². The Morgan fingerprint density at radius 1 is 1.50 bits per heavy atom. The first-order chi connectivity index (χ1) is 8.39. The van der Waals surface area contributed by atoms with Crippen molar-refractivity contribution >= 4 is 21.6 Å². The molecule has 102 valence electrons. The molecule has 0 radical (unpaired) electrons. The van der Waals surface area contributed by atoms with Crippen LogP contribution in [0.2, 0.25) is 5.02 Å². The van der Waals surface area contributed by atoms with Gasteiger partial charge in [-0.25, -0.2) is 12.7 Å². The first-order valence-electron chi connectivity index (χ1n) is 5.38. The third-order valence-electron chi connectivity index (χ3n) is 2.44. The van der Waals surface area contributed by atoms with E-state index in [1.807, 2.05) is 0 Å². The summed E-state index contributed by atoms with van der Waals surface area (Å²) in [6, 6.07) is 1.16. The van der Waals surface area contributed by atoms with Crippen LogP contribution in [0, 0.1) is 0 Å². The number of rotatable bonds is 6. The topological polar surface area (TPSA) is 82.3 Å². The van der Waals surface area contributed by atoms with E-state index in [9.17, 15) is 13.2 Å². The van der Waals surface area contributed by atoms with Crippen LogP contribution in [0.1, 0.15) is 6.42 Å². The summed E-state index contributed by atoms with van der Waals surface area (Å²) >= 11 is 5.61. The molecule has 1 aromatic heterocycles. The maximum absolute atomic E-state index is 12.1. The molecule has 0 fully saturated rings. The number of hydrogen-bond acceptors (Lipinski definition) is 4. The number of halogens is 1. The maximum Gasteiger partial charge on any atom is 0.266 e. The first-order valence-corrected chi connectivity index (χ1v) is 7.20. The summed E-state index contributed by atoms with van der Waals surface area (Å²) in [7, 11) is -0.316. The molecule has 0 bridgehead atoms. The van der Waals surface area contributed by atoms with Crippen molar-refractivity contribution in [1.29, 1.82) is 0 Å². The molecule has 0 amide bonds. The van der Waals surface area contributed by atoms with Crippen molar-refractivity contribution in [2.75, 3.05) is 27.2 Å². The summed E-state index contributed by atoms with van der Waals surface area (Å²) in [6.07, 6.45) is 1.85. The van der Waals surface area contributed by atoms with Crippen molar-refractivity contribution < 1.29 is 8.42 Å². The molecule has 1 heterocycles. The molecule has 8 heteroatoms. The Kier molecular flexibility index (Phi) is 5.33.